The van der Waals surface area contributed by atoms with E-state index in [2.05, 4.69) is 35.3 Å². The van der Waals surface area contributed by atoms with Gasteiger partial charge >= 0.3 is 6.03 Å². The number of hydrogen-bond acceptors (Lipinski definition) is 6. The lowest BCUT2D eigenvalue weighted by Gasteiger charge is -2.34. The summed E-state index contributed by atoms with van der Waals surface area (Å²) in [6.45, 7) is 7.96. The fourth-order valence-corrected chi connectivity index (χ4v) is 4.22. The van der Waals surface area contributed by atoms with Gasteiger partial charge in [0.25, 0.3) is 0 Å². The summed E-state index contributed by atoms with van der Waals surface area (Å²) in [6, 6.07) is 3.02. The predicted octanol–water partition coefficient (Wildman–Crippen LogP) is 0.915. The average Bonchev–Trinajstić information content (AvgIpc) is 3.58. The standard InChI is InChI=1S/C20H33N7O/c28-20(24-17-5-11-26(12-6-17)18-3-4-18)23-9-2-10-25-13-15-27(16-14-25)19-21-7-1-8-22-19/h1,7-8,17-18H,2-6,9-16H2,(H2,23,24,28). The fourth-order valence-electron chi connectivity index (χ4n) is 4.22. The van der Waals surface area contributed by atoms with Crippen molar-refractivity contribution in [1.29, 1.82) is 0 Å². The Kier molecular flexibility index (Phi) is 6.59. The van der Waals surface area contributed by atoms with Gasteiger partial charge < -0.3 is 20.4 Å². The fraction of sp³-hybridized carbons (Fsp3) is 0.750. The third-order valence-electron chi connectivity index (χ3n) is 6.07. The van der Waals surface area contributed by atoms with Gasteiger partial charge in [-0.1, -0.05) is 0 Å². The molecule has 154 valence electrons. The highest BCUT2D eigenvalue weighted by Crippen LogP contribution is 2.29. The maximum Gasteiger partial charge on any atom is 0.315 e. The molecule has 2 amide bonds. The van der Waals surface area contributed by atoms with Gasteiger partial charge in [-0.3, -0.25) is 4.90 Å². The number of rotatable bonds is 7. The van der Waals surface area contributed by atoms with E-state index in [-0.39, 0.29) is 6.03 Å². The molecule has 2 aliphatic heterocycles. The Labute approximate surface area is 167 Å². The number of amides is 2. The number of hydrogen-bond donors (Lipinski definition) is 2. The molecule has 8 heteroatoms. The number of carbonyl (C=O) groups excluding carboxylic acids is 1. The number of nitrogens with zero attached hydrogens (tertiary/aromatic N) is 5. The van der Waals surface area contributed by atoms with Crippen LogP contribution < -0.4 is 15.5 Å². The molecule has 1 aliphatic carbocycles. The number of aromatic nitrogens is 2. The van der Waals surface area contributed by atoms with E-state index in [1.165, 1.54) is 12.8 Å². The summed E-state index contributed by atoms with van der Waals surface area (Å²) in [4.78, 5) is 28.0. The number of carbonyl (C=O) groups is 1. The third-order valence-corrected chi connectivity index (χ3v) is 6.07. The maximum atomic E-state index is 12.1. The van der Waals surface area contributed by atoms with Crippen LogP contribution in [0, 0.1) is 0 Å². The monoisotopic (exact) mass is 387 g/mol. The first-order valence-corrected chi connectivity index (χ1v) is 10.8. The van der Waals surface area contributed by atoms with Crippen LogP contribution >= 0.6 is 0 Å². The molecule has 0 aromatic carbocycles. The van der Waals surface area contributed by atoms with Crippen LogP contribution in [0.2, 0.25) is 0 Å². The molecular formula is C20H33N7O. The highest BCUT2D eigenvalue weighted by molar-refractivity contribution is 5.74. The Bertz CT molecular complexity index is 608. The Balaban J connectivity index is 1.05. The second kappa shape index (κ2) is 9.52. The van der Waals surface area contributed by atoms with Gasteiger partial charge in [0, 0.05) is 70.3 Å². The van der Waals surface area contributed by atoms with Crippen LogP contribution in [0.1, 0.15) is 32.1 Å². The van der Waals surface area contributed by atoms with Crippen molar-refractivity contribution in [3.05, 3.63) is 18.5 Å². The van der Waals surface area contributed by atoms with E-state index in [1.807, 2.05) is 6.07 Å². The number of anilines is 1. The summed E-state index contributed by atoms with van der Waals surface area (Å²) < 4.78 is 0. The molecule has 4 rings (SSSR count). The predicted molar refractivity (Wildman–Crippen MR) is 109 cm³/mol. The van der Waals surface area contributed by atoms with Crippen LogP contribution in [-0.4, -0.2) is 90.2 Å². The molecular weight excluding hydrogens is 354 g/mol. The van der Waals surface area contributed by atoms with Gasteiger partial charge in [0.1, 0.15) is 0 Å². The van der Waals surface area contributed by atoms with E-state index in [0.29, 0.717) is 6.04 Å². The zero-order valence-electron chi connectivity index (χ0n) is 16.7. The SMILES string of the molecule is O=C(NCCCN1CCN(c2ncccn2)CC1)NC1CCN(C2CC2)CC1. The lowest BCUT2D eigenvalue weighted by Crippen LogP contribution is -2.49. The normalized spacial score (nSPS) is 22.2. The molecule has 2 saturated heterocycles. The molecule has 1 aromatic heterocycles. The average molecular weight is 388 g/mol. The number of likely N-dealkylation sites (tertiary alicyclic amines) is 1. The molecule has 0 spiro atoms. The molecule has 1 aromatic rings. The van der Waals surface area contributed by atoms with Gasteiger partial charge in [-0.2, -0.15) is 0 Å². The van der Waals surface area contributed by atoms with Crippen molar-refractivity contribution in [2.75, 3.05) is 57.3 Å². The molecule has 3 fully saturated rings. The highest BCUT2D eigenvalue weighted by atomic mass is 16.2. The minimum atomic E-state index is -0.00378. The summed E-state index contributed by atoms with van der Waals surface area (Å²) in [7, 11) is 0. The number of nitrogens with one attached hydrogen (secondary N) is 2. The molecule has 8 nitrogen and oxygen atoms in total. The molecule has 0 radical (unpaired) electrons. The summed E-state index contributed by atoms with van der Waals surface area (Å²) >= 11 is 0. The molecule has 28 heavy (non-hydrogen) atoms. The second-order valence-corrected chi connectivity index (χ2v) is 8.17. The van der Waals surface area contributed by atoms with Gasteiger partial charge in [0.05, 0.1) is 0 Å². The molecule has 1 saturated carbocycles. The van der Waals surface area contributed by atoms with Crippen molar-refractivity contribution in [2.45, 2.75) is 44.2 Å². The van der Waals surface area contributed by atoms with Gasteiger partial charge in [0.15, 0.2) is 0 Å². The first-order valence-electron chi connectivity index (χ1n) is 10.8. The zero-order chi connectivity index (χ0) is 19.2. The summed E-state index contributed by atoms with van der Waals surface area (Å²) in [5.74, 6) is 0.823. The lowest BCUT2D eigenvalue weighted by molar-refractivity contribution is 0.185. The minimum Gasteiger partial charge on any atom is -0.338 e. The molecule has 0 unspecified atom stereocenters. The van der Waals surface area contributed by atoms with Gasteiger partial charge in [-0.05, 0) is 44.7 Å². The van der Waals surface area contributed by atoms with Crippen LogP contribution in [0.25, 0.3) is 0 Å². The third kappa shape index (κ3) is 5.54. The van der Waals surface area contributed by atoms with Crippen molar-refractivity contribution in [2.24, 2.45) is 0 Å². The second-order valence-electron chi connectivity index (χ2n) is 8.17. The van der Waals surface area contributed by atoms with E-state index >= 15 is 0 Å². The van der Waals surface area contributed by atoms with Crippen LogP contribution in [0.5, 0.6) is 0 Å². The largest absolute Gasteiger partial charge is 0.338 e. The number of urea groups is 1. The van der Waals surface area contributed by atoms with Crippen LogP contribution in [0.4, 0.5) is 10.7 Å². The molecule has 3 heterocycles. The maximum absolute atomic E-state index is 12.1. The molecule has 3 aliphatic rings. The first-order chi connectivity index (χ1) is 13.8. The van der Waals surface area contributed by atoms with Crippen LogP contribution in [0.15, 0.2) is 18.5 Å². The Hall–Kier alpha value is -1.93. The number of piperazine rings is 1. The Morgan fingerprint density at radius 1 is 1.00 bits per heavy atom. The van der Waals surface area contributed by atoms with Crippen molar-refractivity contribution >= 4 is 12.0 Å². The highest BCUT2D eigenvalue weighted by Gasteiger charge is 2.32. The molecule has 0 bridgehead atoms. The van der Waals surface area contributed by atoms with Gasteiger partial charge in [-0.25, -0.2) is 14.8 Å². The summed E-state index contributed by atoms with van der Waals surface area (Å²) in [5, 5.41) is 6.18. The lowest BCUT2D eigenvalue weighted by atomic mass is 10.1. The van der Waals surface area contributed by atoms with E-state index < -0.39 is 0 Å². The van der Waals surface area contributed by atoms with E-state index in [1.54, 1.807) is 12.4 Å². The van der Waals surface area contributed by atoms with Crippen molar-refractivity contribution in [1.82, 2.24) is 30.4 Å². The van der Waals surface area contributed by atoms with Gasteiger partial charge in [0.2, 0.25) is 5.95 Å². The summed E-state index contributed by atoms with van der Waals surface area (Å²) in [5.41, 5.74) is 0. The Morgan fingerprint density at radius 3 is 2.39 bits per heavy atom. The zero-order valence-corrected chi connectivity index (χ0v) is 16.7. The van der Waals surface area contributed by atoms with Crippen molar-refractivity contribution < 1.29 is 4.79 Å². The quantitative estimate of drug-likeness (QED) is 0.678. The summed E-state index contributed by atoms with van der Waals surface area (Å²) in [6.07, 6.45) is 9.47. The van der Waals surface area contributed by atoms with Crippen molar-refractivity contribution in [3.8, 4) is 0 Å². The van der Waals surface area contributed by atoms with E-state index in [0.717, 1.165) is 83.6 Å². The van der Waals surface area contributed by atoms with E-state index in [4.69, 9.17) is 0 Å². The topological polar surface area (TPSA) is 76.6 Å². The minimum absolute atomic E-state index is 0.00378. The Morgan fingerprint density at radius 2 is 1.71 bits per heavy atom. The molecule has 2 N–H and O–H groups in total. The molecule has 0 atom stereocenters. The van der Waals surface area contributed by atoms with Crippen LogP contribution in [-0.2, 0) is 0 Å². The van der Waals surface area contributed by atoms with Crippen LogP contribution in [0.3, 0.4) is 0 Å². The van der Waals surface area contributed by atoms with Gasteiger partial charge in [-0.15, -0.1) is 0 Å². The first kappa shape index (κ1) is 19.4. The van der Waals surface area contributed by atoms with E-state index in [9.17, 15) is 4.79 Å². The smallest absolute Gasteiger partial charge is 0.315 e. The van der Waals surface area contributed by atoms with Crippen molar-refractivity contribution in [3.63, 3.8) is 0 Å². The number of piperidine rings is 1.